The van der Waals surface area contributed by atoms with Crippen LogP contribution in [0.5, 0.6) is 0 Å². The molecule has 21 heavy (non-hydrogen) atoms. The summed E-state index contributed by atoms with van der Waals surface area (Å²) in [7, 11) is 0. The second-order valence-corrected chi connectivity index (χ2v) is 6.90. The second kappa shape index (κ2) is 6.04. The van der Waals surface area contributed by atoms with Crippen LogP contribution in [-0.2, 0) is 6.42 Å². The Hall–Kier alpha value is -1.58. The number of nitrogens with zero attached hydrogens (tertiary/aromatic N) is 3. The molecule has 4 heteroatoms. The van der Waals surface area contributed by atoms with Gasteiger partial charge in [0, 0.05) is 18.4 Å². The summed E-state index contributed by atoms with van der Waals surface area (Å²) in [6.07, 6.45) is 10.0. The van der Waals surface area contributed by atoms with Crippen molar-refractivity contribution in [2.24, 2.45) is 11.8 Å². The molecule has 2 aromatic rings. The molecule has 1 aliphatic carbocycles. The Bertz CT molecular complexity index is 594. The van der Waals surface area contributed by atoms with E-state index in [2.05, 4.69) is 41.7 Å². The highest BCUT2D eigenvalue weighted by Gasteiger charge is 2.21. The van der Waals surface area contributed by atoms with Gasteiger partial charge in [-0.3, -0.25) is 4.40 Å². The van der Waals surface area contributed by atoms with Crippen molar-refractivity contribution in [3.8, 4) is 0 Å². The number of anilines is 1. The van der Waals surface area contributed by atoms with E-state index in [1.807, 2.05) is 12.3 Å². The van der Waals surface area contributed by atoms with Crippen molar-refractivity contribution in [2.75, 3.05) is 5.32 Å². The monoisotopic (exact) mass is 286 g/mol. The van der Waals surface area contributed by atoms with E-state index >= 15 is 0 Å². The third-order valence-corrected chi connectivity index (χ3v) is 4.43. The minimum absolute atomic E-state index is 0.576. The lowest BCUT2D eigenvalue weighted by Crippen LogP contribution is -2.26. The lowest BCUT2D eigenvalue weighted by atomic mass is 9.87. The smallest absolute Gasteiger partial charge is 0.235 e. The quantitative estimate of drug-likeness (QED) is 0.926. The fourth-order valence-corrected chi connectivity index (χ4v) is 3.21. The molecule has 0 amide bonds. The highest BCUT2D eigenvalue weighted by molar-refractivity contribution is 5.52. The van der Waals surface area contributed by atoms with Gasteiger partial charge in [-0.2, -0.15) is 0 Å². The summed E-state index contributed by atoms with van der Waals surface area (Å²) >= 11 is 0. The van der Waals surface area contributed by atoms with Gasteiger partial charge in [0.15, 0.2) is 0 Å². The Morgan fingerprint density at radius 3 is 2.76 bits per heavy atom. The van der Waals surface area contributed by atoms with Crippen LogP contribution in [-0.4, -0.2) is 20.4 Å². The summed E-state index contributed by atoms with van der Waals surface area (Å²) < 4.78 is 2.11. The minimum atomic E-state index is 0.576. The van der Waals surface area contributed by atoms with Crippen molar-refractivity contribution in [1.82, 2.24) is 14.4 Å². The van der Waals surface area contributed by atoms with E-state index < -0.39 is 0 Å². The molecular weight excluding hydrogens is 260 g/mol. The molecule has 0 atom stereocenters. The van der Waals surface area contributed by atoms with E-state index in [0.717, 1.165) is 29.6 Å². The van der Waals surface area contributed by atoms with Gasteiger partial charge in [0.05, 0.1) is 5.69 Å². The van der Waals surface area contributed by atoms with Crippen LogP contribution in [0.15, 0.2) is 18.5 Å². The van der Waals surface area contributed by atoms with Gasteiger partial charge in [0.1, 0.15) is 5.82 Å². The van der Waals surface area contributed by atoms with Gasteiger partial charge in [-0.05, 0) is 50.0 Å². The summed E-state index contributed by atoms with van der Waals surface area (Å²) in [6, 6.07) is 2.55. The van der Waals surface area contributed by atoms with Gasteiger partial charge in [-0.15, -0.1) is 0 Å². The average molecular weight is 286 g/mol. The summed E-state index contributed by atoms with van der Waals surface area (Å²) in [5.41, 5.74) is 1.15. The number of hydrogen-bond acceptors (Lipinski definition) is 3. The zero-order valence-corrected chi connectivity index (χ0v) is 13.3. The van der Waals surface area contributed by atoms with Gasteiger partial charge in [0.2, 0.25) is 5.78 Å². The fourth-order valence-electron chi connectivity index (χ4n) is 3.21. The zero-order chi connectivity index (χ0) is 14.8. The van der Waals surface area contributed by atoms with Crippen molar-refractivity contribution in [1.29, 1.82) is 0 Å². The lowest BCUT2D eigenvalue weighted by Gasteiger charge is -2.27. The molecule has 0 aromatic carbocycles. The van der Waals surface area contributed by atoms with Crippen molar-refractivity contribution in [3.63, 3.8) is 0 Å². The van der Waals surface area contributed by atoms with Crippen LogP contribution in [0.1, 0.15) is 52.1 Å². The van der Waals surface area contributed by atoms with Gasteiger partial charge >= 0.3 is 0 Å². The molecular formula is C17H26N4. The molecule has 0 spiro atoms. The highest BCUT2D eigenvalue weighted by Crippen LogP contribution is 2.28. The first-order valence-corrected chi connectivity index (χ1v) is 8.22. The van der Waals surface area contributed by atoms with Crippen LogP contribution in [0.2, 0.25) is 0 Å². The molecule has 0 unspecified atom stereocenters. The van der Waals surface area contributed by atoms with Crippen LogP contribution < -0.4 is 5.32 Å². The Kier molecular flexibility index (Phi) is 4.13. The Morgan fingerprint density at radius 1 is 1.29 bits per heavy atom. The number of rotatable bonds is 4. The maximum atomic E-state index is 4.72. The molecule has 1 aliphatic rings. The molecule has 2 heterocycles. The van der Waals surface area contributed by atoms with Crippen LogP contribution in [0.3, 0.4) is 0 Å². The van der Waals surface area contributed by atoms with Gasteiger partial charge in [0.25, 0.3) is 0 Å². The van der Waals surface area contributed by atoms with Crippen LogP contribution >= 0.6 is 0 Å². The SMILES string of the molecule is CC(C)Cc1nc2ncccn2c1NC1CCC(C)CC1. The second-order valence-electron chi connectivity index (χ2n) is 6.90. The topological polar surface area (TPSA) is 42.2 Å². The minimum Gasteiger partial charge on any atom is -0.367 e. The molecule has 0 aliphatic heterocycles. The maximum Gasteiger partial charge on any atom is 0.235 e. The number of hydrogen-bond donors (Lipinski definition) is 1. The van der Waals surface area contributed by atoms with Crippen molar-refractivity contribution < 1.29 is 0 Å². The third-order valence-electron chi connectivity index (χ3n) is 4.43. The first kappa shape index (κ1) is 14.4. The predicted octanol–water partition coefficient (Wildman–Crippen LogP) is 3.92. The highest BCUT2D eigenvalue weighted by atomic mass is 15.2. The summed E-state index contributed by atoms with van der Waals surface area (Å²) in [5.74, 6) is 3.44. The number of aromatic nitrogens is 3. The largest absolute Gasteiger partial charge is 0.367 e. The Morgan fingerprint density at radius 2 is 2.05 bits per heavy atom. The molecule has 4 nitrogen and oxygen atoms in total. The summed E-state index contributed by atoms with van der Waals surface area (Å²) in [6.45, 7) is 6.84. The Balaban J connectivity index is 1.87. The number of nitrogens with one attached hydrogen (secondary N) is 1. The van der Waals surface area contributed by atoms with Crippen molar-refractivity contribution in [2.45, 2.75) is 58.9 Å². The molecule has 1 N–H and O–H groups in total. The molecule has 0 radical (unpaired) electrons. The molecule has 1 fully saturated rings. The Labute approximate surface area is 127 Å². The van der Waals surface area contributed by atoms with Gasteiger partial charge < -0.3 is 5.32 Å². The van der Waals surface area contributed by atoms with Crippen LogP contribution in [0.4, 0.5) is 5.82 Å². The van der Waals surface area contributed by atoms with Crippen molar-refractivity contribution >= 4 is 11.6 Å². The van der Waals surface area contributed by atoms with E-state index in [0.29, 0.717) is 12.0 Å². The maximum absolute atomic E-state index is 4.72. The van der Waals surface area contributed by atoms with E-state index in [1.54, 1.807) is 0 Å². The third kappa shape index (κ3) is 3.20. The normalized spacial score (nSPS) is 22.9. The van der Waals surface area contributed by atoms with E-state index in [1.165, 1.54) is 25.7 Å². The van der Waals surface area contributed by atoms with Crippen LogP contribution in [0, 0.1) is 11.8 Å². The summed E-state index contributed by atoms with van der Waals surface area (Å²) in [4.78, 5) is 9.11. The molecule has 2 aromatic heterocycles. The van der Waals surface area contributed by atoms with E-state index in [-0.39, 0.29) is 0 Å². The van der Waals surface area contributed by atoms with E-state index in [9.17, 15) is 0 Å². The van der Waals surface area contributed by atoms with Gasteiger partial charge in [-0.1, -0.05) is 20.8 Å². The summed E-state index contributed by atoms with van der Waals surface area (Å²) in [5, 5.41) is 3.76. The molecule has 114 valence electrons. The predicted molar refractivity (Wildman–Crippen MR) is 86.6 cm³/mol. The van der Waals surface area contributed by atoms with Crippen molar-refractivity contribution in [3.05, 3.63) is 24.2 Å². The number of imidazole rings is 1. The average Bonchev–Trinajstić information content (AvgIpc) is 2.78. The molecule has 3 rings (SSSR count). The fraction of sp³-hybridized carbons (Fsp3) is 0.647. The molecule has 1 saturated carbocycles. The zero-order valence-electron chi connectivity index (χ0n) is 13.3. The first-order valence-electron chi connectivity index (χ1n) is 8.22. The standard InChI is InChI=1S/C17H26N4/c1-12(2)11-15-16(19-14-7-5-13(3)6-8-14)21-10-4-9-18-17(21)20-15/h4,9-10,12-14,19H,5-8,11H2,1-3H3. The molecule has 0 saturated heterocycles. The lowest BCUT2D eigenvalue weighted by molar-refractivity contribution is 0.360. The molecule has 0 bridgehead atoms. The van der Waals surface area contributed by atoms with Crippen LogP contribution in [0.25, 0.3) is 5.78 Å². The van der Waals surface area contributed by atoms with Gasteiger partial charge in [-0.25, -0.2) is 9.97 Å². The first-order chi connectivity index (χ1) is 10.1. The van der Waals surface area contributed by atoms with E-state index in [4.69, 9.17) is 4.98 Å². The number of fused-ring (bicyclic) bond motifs is 1.